The van der Waals surface area contributed by atoms with Crippen molar-refractivity contribution in [3.05, 3.63) is 24.3 Å². The van der Waals surface area contributed by atoms with E-state index in [4.69, 9.17) is 5.73 Å². The van der Waals surface area contributed by atoms with Gasteiger partial charge >= 0.3 is 0 Å². The Morgan fingerprint density at radius 3 is 3.00 bits per heavy atom. The molecule has 13 heavy (non-hydrogen) atoms. The van der Waals surface area contributed by atoms with Gasteiger partial charge in [-0.1, -0.05) is 0 Å². The second kappa shape index (κ2) is 3.81. The lowest BCUT2D eigenvalue weighted by atomic mass is 10.0. The fraction of sp³-hybridized carbons (Fsp3) is 0.556. The maximum atomic E-state index is 5.60. The zero-order valence-electron chi connectivity index (χ0n) is 7.56. The van der Waals surface area contributed by atoms with Crippen LogP contribution in [0.5, 0.6) is 0 Å². The Labute approximate surface area is 77.8 Å². The molecular formula is C9H14N4. The van der Waals surface area contributed by atoms with E-state index in [0.29, 0.717) is 6.04 Å². The molecule has 1 aliphatic rings. The van der Waals surface area contributed by atoms with Crippen LogP contribution in [0, 0.1) is 0 Å². The Balaban J connectivity index is 1.92. The van der Waals surface area contributed by atoms with Gasteiger partial charge in [0.05, 0.1) is 5.69 Å². The lowest BCUT2D eigenvalue weighted by Crippen LogP contribution is -2.51. The summed E-state index contributed by atoms with van der Waals surface area (Å²) in [6.07, 6.45) is 6.45. The number of rotatable bonds is 3. The van der Waals surface area contributed by atoms with Gasteiger partial charge in [-0.3, -0.25) is 14.9 Å². The first kappa shape index (κ1) is 8.59. The third-order valence-electron chi connectivity index (χ3n) is 2.52. The molecule has 4 nitrogen and oxygen atoms in total. The summed E-state index contributed by atoms with van der Waals surface area (Å²) in [7, 11) is 0. The van der Waals surface area contributed by atoms with Crippen LogP contribution in [0.2, 0.25) is 0 Å². The Kier molecular flexibility index (Phi) is 2.52. The van der Waals surface area contributed by atoms with E-state index in [1.807, 2.05) is 6.20 Å². The van der Waals surface area contributed by atoms with Gasteiger partial charge in [0.2, 0.25) is 0 Å². The van der Waals surface area contributed by atoms with Crippen LogP contribution in [-0.4, -0.2) is 34.0 Å². The Bertz CT molecular complexity index is 260. The van der Waals surface area contributed by atoms with Gasteiger partial charge in [0.25, 0.3) is 0 Å². The van der Waals surface area contributed by atoms with Gasteiger partial charge in [0, 0.05) is 44.3 Å². The Morgan fingerprint density at radius 2 is 2.46 bits per heavy atom. The van der Waals surface area contributed by atoms with E-state index in [1.54, 1.807) is 12.4 Å². The summed E-state index contributed by atoms with van der Waals surface area (Å²) in [6, 6.07) is 0.557. The minimum Gasteiger partial charge on any atom is -0.329 e. The fourth-order valence-corrected chi connectivity index (χ4v) is 1.59. The summed E-state index contributed by atoms with van der Waals surface area (Å²) in [5.41, 5.74) is 6.63. The van der Waals surface area contributed by atoms with Crippen molar-refractivity contribution >= 4 is 0 Å². The summed E-state index contributed by atoms with van der Waals surface area (Å²) in [6.45, 7) is 2.77. The van der Waals surface area contributed by atoms with Gasteiger partial charge < -0.3 is 5.73 Å². The lowest BCUT2D eigenvalue weighted by molar-refractivity contribution is 0.0866. The number of likely N-dealkylation sites (tertiary alicyclic amines) is 1. The van der Waals surface area contributed by atoms with Crippen LogP contribution in [-0.2, 0) is 6.54 Å². The van der Waals surface area contributed by atoms with Gasteiger partial charge in [-0.2, -0.15) is 0 Å². The van der Waals surface area contributed by atoms with Crippen molar-refractivity contribution in [2.24, 2.45) is 5.73 Å². The molecule has 1 atom stereocenters. The minimum absolute atomic E-state index is 0.557. The van der Waals surface area contributed by atoms with Crippen molar-refractivity contribution in [3.8, 4) is 0 Å². The highest BCUT2D eigenvalue weighted by Gasteiger charge is 2.26. The van der Waals surface area contributed by atoms with Crippen LogP contribution in [0.25, 0.3) is 0 Å². The van der Waals surface area contributed by atoms with Crippen molar-refractivity contribution < 1.29 is 0 Å². The van der Waals surface area contributed by atoms with Crippen molar-refractivity contribution in [1.82, 2.24) is 14.9 Å². The van der Waals surface area contributed by atoms with Gasteiger partial charge in [0.1, 0.15) is 0 Å². The van der Waals surface area contributed by atoms with Crippen molar-refractivity contribution in [2.45, 2.75) is 19.0 Å². The quantitative estimate of drug-likeness (QED) is 0.708. The maximum absolute atomic E-state index is 5.60. The monoisotopic (exact) mass is 178 g/mol. The van der Waals surface area contributed by atoms with E-state index >= 15 is 0 Å². The molecule has 1 aromatic heterocycles. The molecule has 0 bridgehead atoms. The molecule has 2 rings (SSSR count). The number of nitrogens with two attached hydrogens (primary N) is 1. The van der Waals surface area contributed by atoms with Crippen LogP contribution in [0.1, 0.15) is 12.1 Å². The summed E-state index contributed by atoms with van der Waals surface area (Å²) in [4.78, 5) is 10.6. The second-order valence-electron chi connectivity index (χ2n) is 3.35. The van der Waals surface area contributed by atoms with E-state index in [2.05, 4.69) is 14.9 Å². The normalized spacial score (nSPS) is 22.7. The molecule has 4 heteroatoms. The number of nitrogens with zero attached hydrogens (tertiary/aromatic N) is 3. The fourth-order valence-electron chi connectivity index (χ4n) is 1.59. The molecule has 0 radical (unpaired) electrons. The largest absolute Gasteiger partial charge is 0.329 e. The molecule has 0 aromatic carbocycles. The highest BCUT2D eigenvalue weighted by molar-refractivity contribution is 4.97. The first-order valence-electron chi connectivity index (χ1n) is 4.59. The average molecular weight is 178 g/mol. The molecular weight excluding hydrogens is 164 g/mol. The second-order valence-corrected chi connectivity index (χ2v) is 3.35. The summed E-state index contributed by atoms with van der Waals surface area (Å²) >= 11 is 0. The topological polar surface area (TPSA) is 55.0 Å². The van der Waals surface area contributed by atoms with Gasteiger partial charge in [0.15, 0.2) is 0 Å². The third kappa shape index (κ3) is 1.84. The number of hydrogen-bond donors (Lipinski definition) is 1. The first-order valence-corrected chi connectivity index (χ1v) is 4.59. The number of aromatic nitrogens is 2. The van der Waals surface area contributed by atoms with Gasteiger partial charge in [-0.05, 0) is 6.42 Å². The average Bonchev–Trinajstić information content (AvgIpc) is 2.15. The van der Waals surface area contributed by atoms with E-state index in [9.17, 15) is 0 Å². The molecule has 0 aliphatic carbocycles. The molecule has 2 heterocycles. The van der Waals surface area contributed by atoms with Crippen molar-refractivity contribution in [1.29, 1.82) is 0 Å². The van der Waals surface area contributed by atoms with Gasteiger partial charge in [-0.15, -0.1) is 0 Å². The van der Waals surface area contributed by atoms with Crippen LogP contribution in [0.15, 0.2) is 18.6 Å². The minimum atomic E-state index is 0.557. The van der Waals surface area contributed by atoms with E-state index in [-0.39, 0.29) is 0 Å². The summed E-state index contributed by atoms with van der Waals surface area (Å²) < 4.78 is 0. The van der Waals surface area contributed by atoms with Crippen LogP contribution >= 0.6 is 0 Å². The molecule has 1 saturated heterocycles. The molecule has 0 amide bonds. The van der Waals surface area contributed by atoms with Crippen molar-refractivity contribution in [3.63, 3.8) is 0 Å². The lowest BCUT2D eigenvalue weighted by Gasteiger charge is -2.39. The Hall–Kier alpha value is -1.00. The SMILES string of the molecule is NCC1CCN1Cc1cnccn1. The van der Waals surface area contributed by atoms with Crippen LogP contribution in [0.4, 0.5) is 0 Å². The zero-order valence-corrected chi connectivity index (χ0v) is 7.56. The highest BCUT2D eigenvalue weighted by atomic mass is 15.2. The predicted octanol–water partition coefficient (Wildman–Crippen LogP) is 0.00960. The molecule has 70 valence electrons. The molecule has 1 unspecified atom stereocenters. The van der Waals surface area contributed by atoms with E-state index < -0.39 is 0 Å². The molecule has 1 fully saturated rings. The van der Waals surface area contributed by atoms with Crippen LogP contribution < -0.4 is 5.73 Å². The standard InChI is InChI=1S/C9H14N4/c10-5-9-1-4-13(9)7-8-6-11-2-3-12-8/h2-3,6,9H,1,4-5,7,10H2. The Morgan fingerprint density at radius 1 is 1.54 bits per heavy atom. The molecule has 1 aromatic rings. The molecule has 0 spiro atoms. The summed E-state index contributed by atoms with van der Waals surface area (Å²) in [5, 5.41) is 0. The number of hydrogen-bond acceptors (Lipinski definition) is 4. The van der Waals surface area contributed by atoms with Gasteiger partial charge in [-0.25, -0.2) is 0 Å². The van der Waals surface area contributed by atoms with E-state index in [1.165, 1.54) is 6.42 Å². The molecule has 1 aliphatic heterocycles. The third-order valence-corrected chi connectivity index (χ3v) is 2.52. The molecule has 2 N–H and O–H groups in total. The molecule has 0 saturated carbocycles. The highest BCUT2D eigenvalue weighted by Crippen LogP contribution is 2.17. The smallest absolute Gasteiger partial charge is 0.0726 e. The van der Waals surface area contributed by atoms with E-state index in [0.717, 1.165) is 25.3 Å². The zero-order chi connectivity index (χ0) is 9.10. The summed E-state index contributed by atoms with van der Waals surface area (Å²) in [5.74, 6) is 0. The maximum Gasteiger partial charge on any atom is 0.0726 e. The van der Waals surface area contributed by atoms with Crippen molar-refractivity contribution in [2.75, 3.05) is 13.1 Å². The van der Waals surface area contributed by atoms with Crippen LogP contribution in [0.3, 0.4) is 0 Å². The first-order chi connectivity index (χ1) is 6.40. The predicted molar refractivity (Wildman–Crippen MR) is 49.9 cm³/mol.